The molecule has 1 aromatic heterocycles. The molecule has 17 heavy (non-hydrogen) atoms. The molecule has 0 spiro atoms. The van der Waals surface area contributed by atoms with E-state index in [1.54, 1.807) is 11.8 Å². The van der Waals surface area contributed by atoms with E-state index >= 15 is 0 Å². The summed E-state index contributed by atoms with van der Waals surface area (Å²) in [5, 5.41) is 4.51. The van der Waals surface area contributed by atoms with Crippen molar-refractivity contribution < 1.29 is 4.79 Å². The molecule has 1 atom stereocenters. The van der Waals surface area contributed by atoms with Crippen LogP contribution in [0.4, 0.5) is 0 Å². The molecule has 0 radical (unpaired) electrons. The van der Waals surface area contributed by atoms with Crippen LogP contribution in [0.1, 0.15) is 23.9 Å². The number of thioether (sulfide) groups is 1. The zero-order valence-corrected chi connectivity index (χ0v) is 11.5. The minimum atomic E-state index is 0.251. The molecule has 2 rings (SSSR count). The first-order chi connectivity index (χ1) is 8.11. The zero-order chi connectivity index (χ0) is 12.4. The molecule has 1 fully saturated rings. The second kappa shape index (κ2) is 5.12. The number of hydrogen-bond acceptors (Lipinski definition) is 3. The van der Waals surface area contributed by atoms with Gasteiger partial charge >= 0.3 is 0 Å². The molecule has 0 saturated carbocycles. The van der Waals surface area contributed by atoms with Crippen molar-refractivity contribution in [3.05, 3.63) is 17.5 Å². The number of nitrogens with zero attached hydrogens (tertiary/aromatic N) is 3. The lowest BCUT2D eigenvalue weighted by atomic mass is 10.2. The molecule has 5 heteroatoms. The van der Waals surface area contributed by atoms with Crippen LogP contribution in [-0.4, -0.2) is 45.7 Å². The van der Waals surface area contributed by atoms with Gasteiger partial charge in [0.2, 0.25) is 5.91 Å². The Hall–Kier alpha value is -0.970. The van der Waals surface area contributed by atoms with Crippen LogP contribution in [0, 0.1) is 13.8 Å². The molecule has 1 aliphatic heterocycles. The summed E-state index contributed by atoms with van der Waals surface area (Å²) >= 11 is 1.59. The van der Waals surface area contributed by atoms with Crippen molar-refractivity contribution in [1.82, 2.24) is 14.7 Å². The van der Waals surface area contributed by atoms with E-state index in [0.29, 0.717) is 11.8 Å². The zero-order valence-electron chi connectivity index (χ0n) is 10.6. The van der Waals surface area contributed by atoms with Crippen molar-refractivity contribution in [2.24, 2.45) is 0 Å². The largest absolute Gasteiger partial charge is 0.340 e. The Morgan fingerprint density at radius 1 is 1.59 bits per heavy atom. The predicted octanol–water partition coefficient (Wildman–Crippen LogP) is 1.64. The summed E-state index contributed by atoms with van der Waals surface area (Å²) in [6.07, 6.45) is 2.98. The second-order valence-electron chi connectivity index (χ2n) is 4.59. The standard InChI is InChI=1S/C12H19N3OS/c1-9-6-10(2)15(13-9)11-4-5-14(7-11)12(16)8-17-3/h6,11H,4-5,7-8H2,1-3H3/t11-/m0/s1. The number of carbonyl (C=O) groups is 1. The first-order valence-corrected chi connectivity index (χ1v) is 7.30. The molecule has 4 nitrogen and oxygen atoms in total. The van der Waals surface area contributed by atoms with E-state index in [9.17, 15) is 4.79 Å². The van der Waals surface area contributed by atoms with Gasteiger partial charge in [-0.1, -0.05) is 0 Å². The number of likely N-dealkylation sites (tertiary alicyclic amines) is 1. The maximum absolute atomic E-state index is 11.8. The summed E-state index contributed by atoms with van der Waals surface area (Å²) in [5.74, 6) is 0.839. The van der Waals surface area contributed by atoms with E-state index in [-0.39, 0.29) is 5.91 Å². The highest BCUT2D eigenvalue weighted by Gasteiger charge is 2.28. The topological polar surface area (TPSA) is 38.1 Å². The molecule has 0 bridgehead atoms. The summed E-state index contributed by atoms with van der Waals surface area (Å²) in [5.41, 5.74) is 2.24. The van der Waals surface area contributed by atoms with Gasteiger partial charge in [-0.25, -0.2) is 0 Å². The lowest BCUT2D eigenvalue weighted by molar-refractivity contribution is -0.127. The quantitative estimate of drug-likeness (QED) is 0.822. The van der Waals surface area contributed by atoms with Crippen molar-refractivity contribution in [1.29, 1.82) is 0 Å². The fourth-order valence-electron chi connectivity index (χ4n) is 2.40. The Bertz CT molecular complexity index is 416. The lowest BCUT2D eigenvalue weighted by Gasteiger charge is -2.16. The number of aryl methyl sites for hydroxylation is 2. The fraction of sp³-hybridized carbons (Fsp3) is 0.667. The number of amides is 1. The Balaban J connectivity index is 2.03. The summed E-state index contributed by atoms with van der Waals surface area (Å²) in [6.45, 7) is 5.76. The van der Waals surface area contributed by atoms with Crippen LogP contribution < -0.4 is 0 Å². The van der Waals surface area contributed by atoms with E-state index in [1.807, 2.05) is 18.1 Å². The van der Waals surface area contributed by atoms with Gasteiger partial charge in [0.15, 0.2) is 0 Å². The average molecular weight is 253 g/mol. The molecule has 0 aromatic carbocycles. The van der Waals surface area contributed by atoms with Crippen LogP contribution in [-0.2, 0) is 4.79 Å². The van der Waals surface area contributed by atoms with Gasteiger partial charge in [-0.15, -0.1) is 0 Å². The smallest absolute Gasteiger partial charge is 0.232 e. The van der Waals surface area contributed by atoms with E-state index in [1.165, 1.54) is 5.69 Å². The first kappa shape index (κ1) is 12.5. The molecular formula is C12H19N3OS. The Morgan fingerprint density at radius 2 is 2.35 bits per heavy atom. The fourth-order valence-corrected chi connectivity index (χ4v) is 2.83. The van der Waals surface area contributed by atoms with Gasteiger partial charge in [0.1, 0.15) is 0 Å². The maximum Gasteiger partial charge on any atom is 0.232 e. The highest BCUT2D eigenvalue weighted by molar-refractivity contribution is 7.99. The van der Waals surface area contributed by atoms with Crippen LogP contribution in [0.2, 0.25) is 0 Å². The van der Waals surface area contributed by atoms with Gasteiger partial charge in [-0.2, -0.15) is 16.9 Å². The van der Waals surface area contributed by atoms with E-state index in [0.717, 1.165) is 25.2 Å². The molecule has 1 aromatic rings. The van der Waals surface area contributed by atoms with Gasteiger partial charge in [-0.05, 0) is 32.6 Å². The van der Waals surface area contributed by atoms with Gasteiger partial charge < -0.3 is 4.90 Å². The second-order valence-corrected chi connectivity index (χ2v) is 5.45. The minimum Gasteiger partial charge on any atom is -0.340 e. The Kier molecular flexibility index (Phi) is 3.76. The molecule has 94 valence electrons. The van der Waals surface area contributed by atoms with Crippen LogP contribution in [0.3, 0.4) is 0 Å². The summed E-state index contributed by atoms with van der Waals surface area (Å²) in [4.78, 5) is 13.7. The summed E-state index contributed by atoms with van der Waals surface area (Å²) < 4.78 is 2.07. The predicted molar refractivity (Wildman–Crippen MR) is 70.3 cm³/mol. The van der Waals surface area contributed by atoms with E-state index < -0.39 is 0 Å². The summed E-state index contributed by atoms with van der Waals surface area (Å²) in [6, 6.07) is 2.45. The molecular weight excluding hydrogens is 234 g/mol. The van der Waals surface area contributed by atoms with Crippen molar-refractivity contribution in [3.8, 4) is 0 Å². The Labute approximate surface area is 106 Å². The van der Waals surface area contributed by atoms with Gasteiger partial charge in [0.05, 0.1) is 17.5 Å². The molecule has 0 unspecified atom stereocenters. The minimum absolute atomic E-state index is 0.251. The van der Waals surface area contributed by atoms with E-state index in [4.69, 9.17) is 0 Å². The molecule has 1 saturated heterocycles. The van der Waals surface area contributed by atoms with E-state index in [2.05, 4.69) is 22.8 Å². The average Bonchev–Trinajstić information content (AvgIpc) is 2.85. The number of hydrogen-bond donors (Lipinski definition) is 0. The monoisotopic (exact) mass is 253 g/mol. The van der Waals surface area contributed by atoms with Crippen LogP contribution in [0.5, 0.6) is 0 Å². The van der Waals surface area contributed by atoms with Crippen LogP contribution >= 0.6 is 11.8 Å². The van der Waals surface area contributed by atoms with Gasteiger partial charge in [0.25, 0.3) is 0 Å². The number of aromatic nitrogens is 2. The molecule has 0 N–H and O–H groups in total. The van der Waals surface area contributed by atoms with Crippen molar-refractivity contribution >= 4 is 17.7 Å². The molecule has 1 amide bonds. The molecule has 1 aliphatic rings. The van der Waals surface area contributed by atoms with Gasteiger partial charge in [0, 0.05) is 18.8 Å². The molecule has 0 aliphatic carbocycles. The highest BCUT2D eigenvalue weighted by Crippen LogP contribution is 2.23. The number of carbonyl (C=O) groups excluding carboxylic acids is 1. The van der Waals surface area contributed by atoms with Gasteiger partial charge in [-0.3, -0.25) is 9.48 Å². The van der Waals surface area contributed by atoms with Crippen molar-refractivity contribution in [2.45, 2.75) is 26.3 Å². The normalized spacial score (nSPS) is 19.9. The SMILES string of the molecule is CSCC(=O)N1CC[C@H](n2nc(C)cc2C)C1. The van der Waals surface area contributed by atoms with Crippen molar-refractivity contribution in [3.63, 3.8) is 0 Å². The summed E-state index contributed by atoms with van der Waals surface area (Å²) in [7, 11) is 0. The van der Waals surface area contributed by atoms with Crippen LogP contribution in [0.15, 0.2) is 6.07 Å². The number of rotatable bonds is 3. The molecule has 2 heterocycles. The third-order valence-electron chi connectivity index (χ3n) is 3.17. The van der Waals surface area contributed by atoms with Crippen molar-refractivity contribution in [2.75, 3.05) is 25.1 Å². The third-order valence-corrected chi connectivity index (χ3v) is 3.71. The third kappa shape index (κ3) is 2.65. The maximum atomic E-state index is 11.8. The van der Waals surface area contributed by atoms with Crippen LogP contribution in [0.25, 0.3) is 0 Å². The lowest BCUT2D eigenvalue weighted by Crippen LogP contribution is -2.30. The highest BCUT2D eigenvalue weighted by atomic mass is 32.2. The Morgan fingerprint density at radius 3 is 2.94 bits per heavy atom. The first-order valence-electron chi connectivity index (χ1n) is 5.91.